The first-order chi connectivity index (χ1) is 12.9. The van der Waals surface area contributed by atoms with Crippen LogP contribution >= 0.6 is 11.3 Å². The van der Waals surface area contributed by atoms with Crippen LogP contribution in [0.1, 0.15) is 5.56 Å². The van der Waals surface area contributed by atoms with Crippen LogP contribution in [0.2, 0.25) is 0 Å². The first kappa shape index (κ1) is 16.6. The van der Waals surface area contributed by atoms with Gasteiger partial charge < -0.3 is 14.1 Å². The lowest BCUT2D eigenvalue weighted by molar-refractivity contribution is 0.207. The van der Waals surface area contributed by atoms with E-state index in [1.54, 1.807) is 18.0 Å². The van der Waals surface area contributed by atoms with Crippen LogP contribution in [0.15, 0.2) is 68.7 Å². The maximum Gasteiger partial charge on any atom is 0.206 e. The third-order valence-corrected chi connectivity index (χ3v) is 4.79. The van der Waals surface area contributed by atoms with Gasteiger partial charge in [0.2, 0.25) is 4.80 Å². The van der Waals surface area contributed by atoms with Crippen LogP contribution in [0, 0.1) is 0 Å². The highest BCUT2D eigenvalue weighted by atomic mass is 32.1. The molecule has 0 unspecified atom stereocenters. The number of furan rings is 1. The lowest BCUT2D eigenvalue weighted by Crippen LogP contribution is -2.13. The summed E-state index contributed by atoms with van der Waals surface area (Å²) >= 11 is 1.52. The van der Waals surface area contributed by atoms with Crippen molar-refractivity contribution in [3.8, 4) is 11.5 Å². The molecule has 0 aliphatic heterocycles. The van der Waals surface area contributed by atoms with E-state index in [2.05, 4.69) is 21.1 Å². The van der Waals surface area contributed by atoms with E-state index in [1.165, 1.54) is 11.3 Å². The molecule has 0 saturated carbocycles. The largest absolute Gasteiger partial charge is 0.463 e. The Balaban J connectivity index is 1.76. The Labute approximate surface area is 154 Å². The maximum absolute atomic E-state index is 5.55. The van der Waals surface area contributed by atoms with Crippen molar-refractivity contribution in [2.24, 2.45) is 10.1 Å². The number of ether oxygens (including phenoxy) is 1. The van der Waals surface area contributed by atoms with Gasteiger partial charge in [-0.1, -0.05) is 18.2 Å². The summed E-state index contributed by atoms with van der Waals surface area (Å²) in [5.74, 6) is 0.755. The van der Waals surface area contributed by atoms with Crippen LogP contribution in [0.4, 0.5) is 0 Å². The van der Waals surface area contributed by atoms with Crippen LogP contribution in [-0.4, -0.2) is 36.1 Å². The summed E-state index contributed by atoms with van der Waals surface area (Å²) in [6, 6.07) is 11.9. The van der Waals surface area contributed by atoms with Gasteiger partial charge in [0.1, 0.15) is 5.69 Å². The van der Waals surface area contributed by atoms with E-state index in [0.29, 0.717) is 13.2 Å². The van der Waals surface area contributed by atoms with Crippen LogP contribution in [0.3, 0.4) is 0 Å². The second-order valence-corrected chi connectivity index (χ2v) is 6.44. The average molecular weight is 366 g/mol. The molecule has 4 rings (SSSR count). The zero-order valence-corrected chi connectivity index (χ0v) is 15.1. The summed E-state index contributed by atoms with van der Waals surface area (Å²) < 4.78 is 12.4. The number of aromatic nitrogens is 2. The second kappa shape index (κ2) is 7.55. The van der Waals surface area contributed by atoms with Gasteiger partial charge in [0.25, 0.3) is 0 Å². The SMILES string of the molecule is COCCN=c1scc(-c2ccco2)n1N=Cc1c[nH]c2ccccc12. The summed E-state index contributed by atoms with van der Waals surface area (Å²) in [5, 5.41) is 7.81. The number of aromatic amines is 1. The molecule has 0 radical (unpaired) electrons. The fraction of sp³-hybridized carbons (Fsp3) is 0.158. The van der Waals surface area contributed by atoms with Gasteiger partial charge in [-0.3, -0.25) is 4.99 Å². The van der Waals surface area contributed by atoms with Crippen molar-refractivity contribution in [2.75, 3.05) is 20.3 Å². The molecular weight excluding hydrogens is 348 g/mol. The highest BCUT2D eigenvalue weighted by Gasteiger charge is 2.10. The molecule has 0 saturated heterocycles. The van der Waals surface area contributed by atoms with Gasteiger partial charge in [-0.15, -0.1) is 11.3 Å². The molecule has 0 spiro atoms. The van der Waals surface area contributed by atoms with E-state index in [9.17, 15) is 0 Å². The maximum atomic E-state index is 5.55. The predicted octanol–water partition coefficient (Wildman–Crippen LogP) is 3.72. The summed E-state index contributed by atoms with van der Waals surface area (Å²) in [5.41, 5.74) is 2.97. The minimum atomic E-state index is 0.570. The van der Waals surface area contributed by atoms with Crippen molar-refractivity contribution in [3.05, 3.63) is 64.6 Å². The molecule has 3 aromatic heterocycles. The average Bonchev–Trinajstić information content (AvgIpc) is 3.40. The predicted molar refractivity (Wildman–Crippen MR) is 104 cm³/mol. The van der Waals surface area contributed by atoms with Gasteiger partial charge in [0, 0.05) is 35.2 Å². The molecule has 0 fully saturated rings. The Morgan fingerprint density at radius 1 is 1.27 bits per heavy atom. The zero-order chi connectivity index (χ0) is 17.8. The van der Waals surface area contributed by atoms with Crippen molar-refractivity contribution >= 4 is 28.5 Å². The van der Waals surface area contributed by atoms with Gasteiger partial charge in [-0.2, -0.15) is 5.10 Å². The number of nitrogens with zero attached hydrogens (tertiary/aromatic N) is 3. The molecular formula is C19H18N4O2S. The highest BCUT2D eigenvalue weighted by molar-refractivity contribution is 7.07. The van der Waals surface area contributed by atoms with Gasteiger partial charge in [-0.05, 0) is 18.2 Å². The summed E-state index contributed by atoms with van der Waals surface area (Å²) in [6.45, 7) is 1.15. The molecule has 3 heterocycles. The number of hydrogen-bond acceptors (Lipinski definition) is 5. The van der Waals surface area contributed by atoms with Crippen LogP contribution in [-0.2, 0) is 4.74 Å². The Morgan fingerprint density at radius 3 is 3.04 bits per heavy atom. The molecule has 132 valence electrons. The highest BCUT2D eigenvalue weighted by Crippen LogP contribution is 2.21. The standard InChI is InChI=1S/C19H18N4O2S/c1-24-10-8-20-19-23(17(13-26-19)18-7-4-9-25-18)22-12-14-11-21-16-6-3-2-5-15(14)16/h2-7,9,11-13,21H,8,10H2,1H3. The molecule has 26 heavy (non-hydrogen) atoms. The summed E-state index contributed by atoms with van der Waals surface area (Å²) in [6.07, 6.45) is 5.45. The van der Waals surface area contributed by atoms with E-state index in [0.717, 1.165) is 32.7 Å². The molecule has 1 N–H and O–H groups in total. The number of para-hydroxylation sites is 1. The number of rotatable bonds is 6. The van der Waals surface area contributed by atoms with Crippen LogP contribution < -0.4 is 4.80 Å². The van der Waals surface area contributed by atoms with E-state index >= 15 is 0 Å². The quantitative estimate of drug-likeness (QED) is 0.417. The van der Waals surface area contributed by atoms with E-state index < -0.39 is 0 Å². The molecule has 0 aliphatic carbocycles. The number of H-pyrrole nitrogens is 1. The van der Waals surface area contributed by atoms with Gasteiger partial charge in [-0.25, -0.2) is 4.68 Å². The van der Waals surface area contributed by atoms with Crippen molar-refractivity contribution in [1.82, 2.24) is 9.66 Å². The first-order valence-corrected chi connectivity index (χ1v) is 9.09. The third-order valence-electron chi connectivity index (χ3n) is 3.93. The fourth-order valence-corrected chi connectivity index (χ4v) is 3.51. The Morgan fingerprint density at radius 2 is 2.19 bits per heavy atom. The van der Waals surface area contributed by atoms with Gasteiger partial charge >= 0.3 is 0 Å². The molecule has 0 aliphatic rings. The minimum Gasteiger partial charge on any atom is -0.463 e. The molecule has 4 aromatic rings. The smallest absolute Gasteiger partial charge is 0.206 e. The van der Waals surface area contributed by atoms with Gasteiger partial charge in [0.15, 0.2) is 5.76 Å². The van der Waals surface area contributed by atoms with Crippen LogP contribution in [0.25, 0.3) is 22.4 Å². The third kappa shape index (κ3) is 3.26. The van der Waals surface area contributed by atoms with Gasteiger partial charge in [0.05, 0.1) is 25.6 Å². The number of benzene rings is 1. The Hall–Kier alpha value is -2.90. The van der Waals surface area contributed by atoms with Crippen molar-refractivity contribution < 1.29 is 9.15 Å². The number of thiazole rings is 1. The summed E-state index contributed by atoms with van der Waals surface area (Å²) in [7, 11) is 1.67. The normalized spacial score (nSPS) is 12.6. The zero-order valence-electron chi connectivity index (χ0n) is 14.3. The Bertz CT molecular complexity index is 1090. The molecule has 0 atom stereocenters. The van der Waals surface area contributed by atoms with Crippen LogP contribution in [0.5, 0.6) is 0 Å². The first-order valence-electron chi connectivity index (χ1n) is 8.21. The lowest BCUT2D eigenvalue weighted by atomic mass is 10.2. The molecule has 0 bridgehead atoms. The Kier molecular flexibility index (Phi) is 4.81. The molecule has 7 heteroatoms. The number of methoxy groups -OCH3 is 1. The topological polar surface area (TPSA) is 67.8 Å². The lowest BCUT2D eigenvalue weighted by Gasteiger charge is -2.00. The minimum absolute atomic E-state index is 0.570. The number of hydrogen-bond donors (Lipinski definition) is 1. The van der Waals surface area contributed by atoms with E-state index in [-0.39, 0.29) is 0 Å². The fourth-order valence-electron chi connectivity index (χ4n) is 2.67. The second-order valence-electron chi connectivity index (χ2n) is 5.60. The van der Waals surface area contributed by atoms with Crippen molar-refractivity contribution in [3.63, 3.8) is 0 Å². The van der Waals surface area contributed by atoms with E-state index in [4.69, 9.17) is 9.15 Å². The molecule has 1 aromatic carbocycles. The van der Waals surface area contributed by atoms with Crippen molar-refractivity contribution in [1.29, 1.82) is 0 Å². The summed E-state index contributed by atoms with van der Waals surface area (Å²) in [4.78, 5) is 8.64. The van der Waals surface area contributed by atoms with Crippen molar-refractivity contribution in [2.45, 2.75) is 0 Å². The van der Waals surface area contributed by atoms with E-state index in [1.807, 2.05) is 48.1 Å². The monoisotopic (exact) mass is 366 g/mol. The molecule has 6 nitrogen and oxygen atoms in total. The molecule has 0 amide bonds. The number of fused-ring (bicyclic) bond motifs is 1. The number of nitrogens with one attached hydrogen (secondary N) is 1.